The van der Waals surface area contributed by atoms with Crippen molar-refractivity contribution in [3.8, 4) is 51.3 Å². The lowest BCUT2D eigenvalue weighted by atomic mass is 9.97. The van der Waals surface area contributed by atoms with E-state index in [9.17, 15) is 5.26 Å². The van der Waals surface area contributed by atoms with Crippen molar-refractivity contribution in [1.82, 2.24) is 29.1 Å². The van der Waals surface area contributed by atoms with E-state index in [-0.39, 0.29) is 16.7 Å². The highest BCUT2D eigenvalue weighted by Gasteiger charge is 2.26. The number of para-hydroxylation sites is 2. The fourth-order valence-electron chi connectivity index (χ4n) is 7.69. The Morgan fingerprint density at radius 1 is 0.481 bits per heavy atom. The minimum atomic E-state index is -0.732. The second-order valence-electron chi connectivity index (χ2n) is 12.9. The Morgan fingerprint density at radius 2 is 0.981 bits per heavy atom. The van der Waals surface area contributed by atoms with Crippen LogP contribution in [0.3, 0.4) is 0 Å². The summed E-state index contributed by atoms with van der Waals surface area (Å²) < 4.78 is 35.7. The Bertz CT molecular complexity index is 3120. The molecule has 0 amide bonds. The van der Waals surface area contributed by atoms with Crippen LogP contribution in [0.15, 0.2) is 152 Å². The van der Waals surface area contributed by atoms with Gasteiger partial charge in [-0.15, -0.1) is 0 Å². The first kappa shape index (κ1) is 31.2. The lowest BCUT2D eigenvalue weighted by molar-refractivity contribution is 0.589. The van der Waals surface area contributed by atoms with Crippen molar-refractivity contribution >= 4 is 43.6 Å². The molecule has 0 saturated carbocycles. The predicted octanol–water partition coefficient (Wildman–Crippen LogP) is 10.6. The third-order valence-corrected chi connectivity index (χ3v) is 9.96. The summed E-state index contributed by atoms with van der Waals surface area (Å²) >= 11 is 0. The molecule has 254 valence electrons. The summed E-state index contributed by atoms with van der Waals surface area (Å²) in [6, 6.07) is 41.1. The summed E-state index contributed by atoms with van der Waals surface area (Å²) in [7, 11) is 0. The van der Waals surface area contributed by atoms with Gasteiger partial charge in [-0.1, -0.05) is 42.5 Å². The van der Waals surface area contributed by atoms with E-state index < -0.39 is 11.6 Å². The Morgan fingerprint density at radius 3 is 1.54 bits per heavy atom. The van der Waals surface area contributed by atoms with Crippen LogP contribution in [0.2, 0.25) is 0 Å². The Kier molecular flexibility index (Phi) is 7.10. The molecule has 6 aromatic carbocycles. The molecule has 10 aromatic rings. The third kappa shape index (κ3) is 4.71. The second-order valence-corrected chi connectivity index (χ2v) is 12.9. The van der Waals surface area contributed by atoms with Crippen LogP contribution >= 0.6 is 0 Å². The Hall–Kier alpha value is -7.57. The van der Waals surface area contributed by atoms with Crippen LogP contribution in [0.1, 0.15) is 5.56 Å². The number of halogens is 2. The molecule has 0 saturated heterocycles. The number of nitrogens with zero attached hydrogens (tertiary/aromatic N) is 7. The van der Waals surface area contributed by atoms with Gasteiger partial charge in [0, 0.05) is 63.0 Å². The van der Waals surface area contributed by atoms with E-state index in [0.29, 0.717) is 23.0 Å². The van der Waals surface area contributed by atoms with Gasteiger partial charge in [-0.05, 0) is 84.9 Å². The van der Waals surface area contributed by atoms with E-state index in [4.69, 9.17) is 0 Å². The second kappa shape index (κ2) is 12.3. The highest BCUT2D eigenvalue weighted by atomic mass is 19.1. The molecule has 0 N–H and O–H groups in total. The quantitative estimate of drug-likeness (QED) is 0.178. The number of benzene rings is 6. The predicted molar refractivity (Wildman–Crippen MR) is 207 cm³/mol. The van der Waals surface area contributed by atoms with Crippen molar-refractivity contribution < 1.29 is 8.78 Å². The first-order chi connectivity index (χ1) is 26.6. The lowest BCUT2D eigenvalue weighted by Gasteiger charge is -2.20. The van der Waals surface area contributed by atoms with Crippen LogP contribution in [0.5, 0.6) is 0 Å². The van der Waals surface area contributed by atoms with Crippen LogP contribution in [0.4, 0.5) is 8.78 Å². The molecular weight excluding hydrogens is 677 g/mol. The third-order valence-electron chi connectivity index (χ3n) is 9.96. The zero-order valence-corrected chi connectivity index (χ0v) is 28.3. The van der Waals surface area contributed by atoms with Crippen LogP contribution in [0, 0.1) is 23.0 Å². The fourth-order valence-corrected chi connectivity index (χ4v) is 7.69. The molecular formula is C45H25F2N7. The first-order valence-corrected chi connectivity index (χ1v) is 17.2. The lowest BCUT2D eigenvalue weighted by Crippen LogP contribution is -2.07. The van der Waals surface area contributed by atoms with Gasteiger partial charge in [-0.2, -0.15) is 5.26 Å². The molecule has 0 radical (unpaired) electrons. The highest BCUT2D eigenvalue weighted by Crippen LogP contribution is 2.43. The molecule has 10 rings (SSSR count). The summed E-state index contributed by atoms with van der Waals surface area (Å²) in [5.74, 6) is -0.298. The van der Waals surface area contributed by atoms with Gasteiger partial charge in [0.1, 0.15) is 23.3 Å². The van der Waals surface area contributed by atoms with E-state index >= 15 is 8.78 Å². The normalized spacial score (nSPS) is 11.5. The molecule has 0 bridgehead atoms. The summed E-state index contributed by atoms with van der Waals surface area (Å²) in [4.78, 5) is 17.8. The number of fused-ring (bicyclic) bond motifs is 6. The summed E-state index contributed by atoms with van der Waals surface area (Å²) in [5.41, 5.74) is 6.06. The molecule has 0 spiro atoms. The molecule has 0 fully saturated rings. The molecule has 54 heavy (non-hydrogen) atoms. The molecule has 4 heterocycles. The highest BCUT2D eigenvalue weighted by molar-refractivity contribution is 6.12. The van der Waals surface area contributed by atoms with Gasteiger partial charge in [0.25, 0.3) is 0 Å². The molecule has 0 aliphatic heterocycles. The molecule has 9 heteroatoms. The largest absolute Gasteiger partial charge is 0.308 e. The smallest absolute Gasteiger partial charge is 0.159 e. The zero-order chi connectivity index (χ0) is 36.3. The maximum absolute atomic E-state index is 15.9. The van der Waals surface area contributed by atoms with Gasteiger partial charge in [0.15, 0.2) is 11.6 Å². The minimum Gasteiger partial charge on any atom is -0.308 e. The average Bonchev–Trinajstić information content (AvgIpc) is 3.73. The van der Waals surface area contributed by atoms with Gasteiger partial charge < -0.3 is 9.13 Å². The minimum absolute atomic E-state index is 0.217. The topological polar surface area (TPSA) is 85.2 Å². The van der Waals surface area contributed by atoms with Crippen LogP contribution in [-0.4, -0.2) is 29.1 Å². The standard InChI is InChI=1S/C45H25F2N7/c46-35-10-5-11-36(47)42(35)31-16-19-41(53-37-12-3-1-8-29(37)32-24-27(14-17-39(32)53)44-49-20-6-21-50-44)34(26-48)43(31)54-38-13-4-2-9-30(38)33-25-28(15-18-40(33)54)45-51-22-7-23-52-45/h1-25H. The van der Waals surface area contributed by atoms with Gasteiger partial charge in [0.05, 0.1) is 39.0 Å². The summed E-state index contributed by atoms with van der Waals surface area (Å²) in [6.45, 7) is 0. The first-order valence-electron chi connectivity index (χ1n) is 17.2. The Balaban J connectivity index is 1.33. The van der Waals surface area contributed by atoms with E-state index in [1.807, 2.05) is 88.0 Å². The van der Waals surface area contributed by atoms with Gasteiger partial charge >= 0.3 is 0 Å². The molecule has 0 aliphatic carbocycles. The molecule has 0 atom stereocenters. The maximum Gasteiger partial charge on any atom is 0.159 e. The van der Waals surface area contributed by atoms with Crippen LogP contribution in [0.25, 0.3) is 88.9 Å². The monoisotopic (exact) mass is 701 g/mol. The molecule has 0 unspecified atom stereocenters. The van der Waals surface area contributed by atoms with Crippen molar-refractivity contribution in [3.05, 3.63) is 169 Å². The molecule has 4 aromatic heterocycles. The summed E-state index contributed by atoms with van der Waals surface area (Å²) in [5, 5.41) is 15.0. The Labute approximate surface area is 306 Å². The van der Waals surface area contributed by atoms with E-state index in [1.54, 1.807) is 49.1 Å². The average molecular weight is 702 g/mol. The number of aromatic nitrogens is 6. The van der Waals surface area contributed by atoms with Crippen molar-refractivity contribution in [2.75, 3.05) is 0 Å². The van der Waals surface area contributed by atoms with E-state index in [2.05, 4.69) is 32.1 Å². The molecule has 7 nitrogen and oxygen atoms in total. The van der Waals surface area contributed by atoms with Crippen molar-refractivity contribution in [2.24, 2.45) is 0 Å². The van der Waals surface area contributed by atoms with E-state index in [1.165, 1.54) is 18.2 Å². The summed E-state index contributed by atoms with van der Waals surface area (Å²) in [6.07, 6.45) is 6.81. The number of rotatable bonds is 5. The zero-order valence-electron chi connectivity index (χ0n) is 28.3. The van der Waals surface area contributed by atoms with Crippen molar-refractivity contribution in [1.29, 1.82) is 5.26 Å². The van der Waals surface area contributed by atoms with E-state index in [0.717, 1.165) is 54.7 Å². The van der Waals surface area contributed by atoms with Gasteiger partial charge in [-0.25, -0.2) is 28.7 Å². The maximum atomic E-state index is 15.9. The van der Waals surface area contributed by atoms with Crippen LogP contribution in [-0.2, 0) is 0 Å². The number of hydrogen-bond donors (Lipinski definition) is 0. The van der Waals surface area contributed by atoms with Gasteiger partial charge in [-0.3, -0.25) is 0 Å². The number of hydrogen-bond acceptors (Lipinski definition) is 5. The number of nitriles is 1. The SMILES string of the molecule is N#Cc1c(-n2c3ccccc3c3cc(-c4ncccn4)ccc32)ccc(-c2c(F)cccc2F)c1-n1c2ccccc2c2cc(-c3ncccn3)ccc21. The van der Waals surface area contributed by atoms with Gasteiger partial charge in [0.2, 0.25) is 0 Å². The van der Waals surface area contributed by atoms with Crippen LogP contribution < -0.4 is 0 Å². The van der Waals surface area contributed by atoms with Crippen molar-refractivity contribution in [3.63, 3.8) is 0 Å². The fraction of sp³-hybridized carbons (Fsp3) is 0. The molecule has 0 aliphatic rings. The van der Waals surface area contributed by atoms with Crippen molar-refractivity contribution in [2.45, 2.75) is 0 Å².